The molecule has 0 amide bonds. The normalized spacial score (nSPS) is 10.8. The van der Waals surface area contributed by atoms with E-state index in [0.717, 1.165) is 18.5 Å². The number of rotatable bonds is 4. The fraction of sp³-hybridized carbons (Fsp3) is 0.357. The van der Waals surface area contributed by atoms with Crippen molar-refractivity contribution in [2.75, 3.05) is 0 Å². The van der Waals surface area contributed by atoms with Crippen molar-refractivity contribution >= 4 is 0 Å². The minimum atomic E-state index is 0.518. The SMILES string of the molecule is Cc1ccc(CCc2c(CN)ncn2C)cc1. The average molecular weight is 229 g/mol. The van der Waals surface area contributed by atoms with Crippen LogP contribution in [0.1, 0.15) is 22.5 Å². The first-order valence-corrected chi connectivity index (χ1v) is 5.95. The van der Waals surface area contributed by atoms with Gasteiger partial charge in [0.05, 0.1) is 12.0 Å². The molecule has 2 N–H and O–H groups in total. The Morgan fingerprint density at radius 1 is 1.18 bits per heavy atom. The molecule has 1 aromatic carbocycles. The molecule has 2 aromatic rings. The summed E-state index contributed by atoms with van der Waals surface area (Å²) >= 11 is 0. The fourth-order valence-corrected chi connectivity index (χ4v) is 2.01. The zero-order valence-corrected chi connectivity index (χ0v) is 10.5. The average Bonchev–Trinajstić information content (AvgIpc) is 2.69. The number of aryl methyl sites for hydroxylation is 3. The van der Waals surface area contributed by atoms with E-state index in [4.69, 9.17) is 5.73 Å². The lowest BCUT2D eigenvalue weighted by Crippen LogP contribution is -2.05. The predicted molar refractivity (Wildman–Crippen MR) is 69.7 cm³/mol. The largest absolute Gasteiger partial charge is 0.337 e. The summed E-state index contributed by atoms with van der Waals surface area (Å²) in [5, 5.41) is 0. The van der Waals surface area contributed by atoms with Gasteiger partial charge in [-0.2, -0.15) is 0 Å². The van der Waals surface area contributed by atoms with Gasteiger partial charge < -0.3 is 10.3 Å². The van der Waals surface area contributed by atoms with E-state index in [9.17, 15) is 0 Å². The number of benzene rings is 1. The summed E-state index contributed by atoms with van der Waals surface area (Å²) in [6.07, 6.45) is 3.87. The molecule has 1 aromatic heterocycles. The van der Waals surface area contributed by atoms with Crippen molar-refractivity contribution in [3.8, 4) is 0 Å². The van der Waals surface area contributed by atoms with E-state index in [1.54, 1.807) is 0 Å². The van der Waals surface area contributed by atoms with Crippen molar-refractivity contribution in [1.82, 2.24) is 9.55 Å². The van der Waals surface area contributed by atoms with Gasteiger partial charge in [0.2, 0.25) is 0 Å². The van der Waals surface area contributed by atoms with Crippen LogP contribution in [0.4, 0.5) is 0 Å². The quantitative estimate of drug-likeness (QED) is 0.871. The highest BCUT2D eigenvalue weighted by atomic mass is 15.0. The molecule has 0 aliphatic heterocycles. The molecule has 1 heterocycles. The number of aromatic nitrogens is 2. The highest BCUT2D eigenvalue weighted by Crippen LogP contribution is 2.11. The Balaban J connectivity index is 2.06. The Hall–Kier alpha value is -1.61. The third-order valence-corrected chi connectivity index (χ3v) is 3.11. The van der Waals surface area contributed by atoms with E-state index in [1.165, 1.54) is 16.8 Å². The Labute approximate surface area is 102 Å². The van der Waals surface area contributed by atoms with E-state index in [2.05, 4.69) is 40.7 Å². The second-order valence-corrected chi connectivity index (χ2v) is 4.44. The van der Waals surface area contributed by atoms with Crippen LogP contribution >= 0.6 is 0 Å². The lowest BCUT2D eigenvalue weighted by atomic mass is 10.1. The van der Waals surface area contributed by atoms with Crippen LogP contribution in [-0.2, 0) is 26.4 Å². The van der Waals surface area contributed by atoms with Gasteiger partial charge in [0.1, 0.15) is 0 Å². The molecule has 17 heavy (non-hydrogen) atoms. The Bertz CT molecular complexity index is 483. The van der Waals surface area contributed by atoms with Crippen molar-refractivity contribution in [2.24, 2.45) is 12.8 Å². The number of hydrogen-bond acceptors (Lipinski definition) is 2. The molecule has 3 nitrogen and oxygen atoms in total. The van der Waals surface area contributed by atoms with Crippen LogP contribution in [0.2, 0.25) is 0 Å². The van der Waals surface area contributed by atoms with Gasteiger partial charge in [0.15, 0.2) is 0 Å². The molecule has 0 saturated carbocycles. The number of hydrogen-bond donors (Lipinski definition) is 1. The van der Waals surface area contributed by atoms with Crippen molar-refractivity contribution < 1.29 is 0 Å². The van der Waals surface area contributed by atoms with Crippen LogP contribution in [0, 0.1) is 6.92 Å². The summed E-state index contributed by atoms with van der Waals surface area (Å²) < 4.78 is 2.07. The summed E-state index contributed by atoms with van der Waals surface area (Å²) in [7, 11) is 2.02. The van der Waals surface area contributed by atoms with Crippen LogP contribution in [0.5, 0.6) is 0 Å². The van der Waals surface area contributed by atoms with Gasteiger partial charge in [0, 0.05) is 19.3 Å². The molecule has 2 rings (SSSR count). The van der Waals surface area contributed by atoms with Crippen molar-refractivity contribution in [1.29, 1.82) is 0 Å². The first-order chi connectivity index (χ1) is 8.20. The number of imidazole rings is 1. The molecule has 0 fully saturated rings. The summed E-state index contributed by atoms with van der Waals surface area (Å²) in [4.78, 5) is 4.30. The van der Waals surface area contributed by atoms with Gasteiger partial charge in [-0.05, 0) is 25.3 Å². The molecule has 0 radical (unpaired) electrons. The molecule has 0 saturated heterocycles. The third kappa shape index (κ3) is 2.74. The highest BCUT2D eigenvalue weighted by Gasteiger charge is 2.07. The second kappa shape index (κ2) is 5.15. The summed E-state index contributed by atoms with van der Waals surface area (Å²) in [6.45, 7) is 2.63. The second-order valence-electron chi connectivity index (χ2n) is 4.44. The van der Waals surface area contributed by atoms with Crippen molar-refractivity contribution in [3.63, 3.8) is 0 Å². The first kappa shape index (κ1) is 11.9. The fourth-order valence-electron chi connectivity index (χ4n) is 2.01. The van der Waals surface area contributed by atoms with Crippen LogP contribution in [0.3, 0.4) is 0 Å². The Morgan fingerprint density at radius 3 is 2.53 bits per heavy atom. The molecule has 0 spiro atoms. The number of nitrogens with zero attached hydrogens (tertiary/aromatic N) is 2. The molecule has 0 aliphatic carbocycles. The summed E-state index contributed by atoms with van der Waals surface area (Å²) in [6, 6.07) is 8.69. The molecule has 0 bridgehead atoms. The minimum absolute atomic E-state index is 0.518. The molecule has 0 unspecified atom stereocenters. The number of nitrogens with two attached hydrogens (primary N) is 1. The van der Waals surface area contributed by atoms with Gasteiger partial charge in [-0.15, -0.1) is 0 Å². The maximum absolute atomic E-state index is 5.68. The smallest absolute Gasteiger partial charge is 0.0949 e. The van der Waals surface area contributed by atoms with E-state index < -0.39 is 0 Å². The van der Waals surface area contributed by atoms with Gasteiger partial charge in [-0.25, -0.2) is 4.98 Å². The lowest BCUT2D eigenvalue weighted by molar-refractivity contribution is 0.785. The summed E-state index contributed by atoms with van der Waals surface area (Å²) in [5.74, 6) is 0. The highest BCUT2D eigenvalue weighted by molar-refractivity contribution is 5.23. The van der Waals surface area contributed by atoms with Crippen molar-refractivity contribution in [3.05, 3.63) is 53.1 Å². The van der Waals surface area contributed by atoms with E-state index in [1.807, 2.05) is 13.4 Å². The first-order valence-electron chi connectivity index (χ1n) is 5.95. The maximum atomic E-state index is 5.68. The minimum Gasteiger partial charge on any atom is -0.337 e. The van der Waals surface area contributed by atoms with Crippen molar-refractivity contribution in [2.45, 2.75) is 26.3 Å². The monoisotopic (exact) mass is 229 g/mol. The summed E-state index contributed by atoms with van der Waals surface area (Å²) in [5.41, 5.74) is 10.6. The molecule has 90 valence electrons. The van der Waals surface area contributed by atoms with Gasteiger partial charge in [0.25, 0.3) is 0 Å². The zero-order valence-electron chi connectivity index (χ0n) is 10.5. The molecular weight excluding hydrogens is 210 g/mol. The molecular formula is C14H19N3. The van der Waals surface area contributed by atoms with Gasteiger partial charge >= 0.3 is 0 Å². The lowest BCUT2D eigenvalue weighted by Gasteiger charge is -2.05. The Morgan fingerprint density at radius 2 is 1.88 bits per heavy atom. The standard InChI is InChI=1S/C14H19N3/c1-11-3-5-12(6-4-11)7-8-14-13(9-15)16-10-17(14)2/h3-6,10H,7-9,15H2,1-2H3. The van der Waals surface area contributed by atoms with E-state index >= 15 is 0 Å². The van der Waals surface area contributed by atoms with Crippen LogP contribution in [-0.4, -0.2) is 9.55 Å². The van der Waals surface area contributed by atoms with E-state index in [0.29, 0.717) is 6.54 Å². The zero-order chi connectivity index (χ0) is 12.3. The van der Waals surface area contributed by atoms with Gasteiger partial charge in [-0.1, -0.05) is 29.8 Å². The van der Waals surface area contributed by atoms with Crippen LogP contribution in [0.15, 0.2) is 30.6 Å². The van der Waals surface area contributed by atoms with Crippen LogP contribution < -0.4 is 5.73 Å². The Kier molecular flexibility index (Phi) is 3.59. The molecule has 0 aliphatic rings. The van der Waals surface area contributed by atoms with E-state index in [-0.39, 0.29) is 0 Å². The molecule has 3 heteroatoms. The topological polar surface area (TPSA) is 43.8 Å². The van der Waals surface area contributed by atoms with Crippen LogP contribution in [0.25, 0.3) is 0 Å². The molecule has 0 atom stereocenters. The predicted octanol–water partition coefficient (Wildman–Crippen LogP) is 1.97. The van der Waals surface area contributed by atoms with Gasteiger partial charge in [-0.3, -0.25) is 0 Å². The maximum Gasteiger partial charge on any atom is 0.0949 e. The third-order valence-electron chi connectivity index (χ3n) is 3.11.